The van der Waals surface area contributed by atoms with Crippen LogP contribution in [0.15, 0.2) is 50.9 Å². The molecule has 0 saturated carbocycles. The number of ether oxygens (including phenoxy) is 1. The summed E-state index contributed by atoms with van der Waals surface area (Å²) < 4.78 is 33.7. The molecular formula is C19H17NO4S4. The first-order valence-corrected chi connectivity index (χ1v) is 12.6. The van der Waals surface area contributed by atoms with Crippen molar-refractivity contribution in [2.24, 2.45) is 0 Å². The number of carbonyl (C=O) groups excluding carboxylic acids is 1. The monoisotopic (exact) mass is 451 g/mol. The van der Waals surface area contributed by atoms with Crippen molar-refractivity contribution in [3.05, 3.63) is 52.2 Å². The fraction of sp³-hybridized carbons (Fsp3) is 0.211. The molecule has 0 aliphatic carbocycles. The zero-order valence-electron chi connectivity index (χ0n) is 15.2. The molecule has 28 heavy (non-hydrogen) atoms. The molecule has 0 fully saturated rings. The first-order valence-electron chi connectivity index (χ1n) is 8.52. The highest BCUT2D eigenvalue weighted by molar-refractivity contribution is 8.01. The lowest BCUT2D eigenvalue weighted by atomic mass is 10.2. The van der Waals surface area contributed by atoms with Gasteiger partial charge in [-0.15, -0.1) is 34.4 Å². The summed E-state index contributed by atoms with van der Waals surface area (Å²) in [5, 5.41) is 1.84. The van der Waals surface area contributed by atoms with Crippen molar-refractivity contribution < 1.29 is 17.9 Å². The van der Waals surface area contributed by atoms with Crippen LogP contribution in [0.3, 0.4) is 0 Å². The number of thiophene rings is 2. The summed E-state index contributed by atoms with van der Waals surface area (Å²) in [6.45, 7) is 1.98. The molecule has 0 radical (unpaired) electrons. The van der Waals surface area contributed by atoms with Crippen LogP contribution in [0.4, 0.5) is 5.69 Å². The lowest BCUT2D eigenvalue weighted by Gasteiger charge is -2.25. The minimum absolute atomic E-state index is 0.221. The first kappa shape index (κ1) is 19.5. The van der Waals surface area contributed by atoms with Gasteiger partial charge in [0, 0.05) is 18.4 Å². The smallest absolute Gasteiger partial charge is 0.349 e. The van der Waals surface area contributed by atoms with Gasteiger partial charge < -0.3 is 4.74 Å². The number of fused-ring (bicyclic) bond motifs is 3. The number of benzene rings is 1. The number of esters is 1. The highest BCUT2D eigenvalue weighted by atomic mass is 32.2. The molecule has 3 aromatic rings. The zero-order valence-corrected chi connectivity index (χ0v) is 18.4. The van der Waals surface area contributed by atoms with Gasteiger partial charge in [-0.1, -0.05) is 30.3 Å². The maximum Gasteiger partial charge on any atom is 0.349 e. The molecule has 1 aliphatic heterocycles. The quantitative estimate of drug-likeness (QED) is 0.400. The van der Waals surface area contributed by atoms with Crippen LogP contribution in [0.2, 0.25) is 0 Å². The first-order chi connectivity index (χ1) is 13.4. The van der Waals surface area contributed by atoms with Crippen molar-refractivity contribution in [3.8, 4) is 10.4 Å². The lowest BCUT2D eigenvalue weighted by molar-refractivity contribution is 0.0533. The van der Waals surface area contributed by atoms with E-state index in [2.05, 4.69) is 0 Å². The van der Waals surface area contributed by atoms with Crippen LogP contribution >= 0.6 is 34.4 Å². The average molecular weight is 452 g/mol. The summed E-state index contributed by atoms with van der Waals surface area (Å²) in [6.07, 6.45) is 0. The van der Waals surface area contributed by atoms with Crippen LogP contribution in [0.25, 0.3) is 10.4 Å². The number of rotatable bonds is 5. The Morgan fingerprint density at radius 3 is 2.68 bits per heavy atom. The molecule has 146 valence electrons. The Hall–Kier alpha value is -1.81. The second kappa shape index (κ2) is 7.55. The fourth-order valence-corrected chi connectivity index (χ4v) is 8.74. The number of nitrogens with zero attached hydrogens (tertiary/aromatic N) is 1. The molecule has 5 nitrogen and oxygen atoms in total. The van der Waals surface area contributed by atoms with Crippen molar-refractivity contribution in [2.75, 3.05) is 18.0 Å². The Bertz CT molecular complexity index is 1130. The minimum Gasteiger partial charge on any atom is -0.462 e. The fourth-order valence-electron chi connectivity index (χ4n) is 3.00. The van der Waals surface area contributed by atoms with Crippen LogP contribution in [0.5, 0.6) is 0 Å². The summed E-state index contributed by atoms with van der Waals surface area (Å²) in [5.41, 5.74) is 2.17. The molecule has 0 unspecified atom stereocenters. The predicted molar refractivity (Wildman–Crippen MR) is 115 cm³/mol. The van der Waals surface area contributed by atoms with Gasteiger partial charge in [-0.25, -0.2) is 13.2 Å². The largest absolute Gasteiger partial charge is 0.462 e. The minimum atomic E-state index is -3.74. The maximum absolute atomic E-state index is 13.3. The van der Waals surface area contributed by atoms with Crippen molar-refractivity contribution in [1.82, 2.24) is 0 Å². The van der Waals surface area contributed by atoms with E-state index >= 15 is 0 Å². The Morgan fingerprint density at radius 2 is 1.96 bits per heavy atom. The number of sulfonamides is 1. The molecule has 0 saturated heterocycles. The van der Waals surface area contributed by atoms with Crippen LogP contribution in [-0.2, 0) is 20.5 Å². The Labute approximate surface area is 176 Å². The molecule has 0 atom stereocenters. The topological polar surface area (TPSA) is 63.7 Å². The third-order valence-electron chi connectivity index (χ3n) is 4.34. The van der Waals surface area contributed by atoms with Gasteiger partial charge in [0.25, 0.3) is 10.0 Å². The molecule has 1 aromatic carbocycles. The summed E-state index contributed by atoms with van der Waals surface area (Å²) >= 11 is 4.07. The molecule has 3 heterocycles. The molecule has 1 aliphatic rings. The summed E-state index contributed by atoms with van der Waals surface area (Å²) in [6, 6.07) is 11.6. The number of hydrogen-bond acceptors (Lipinski definition) is 7. The van der Waals surface area contributed by atoms with Gasteiger partial charge in [0.1, 0.15) is 9.77 Å². The zero-order chi connectivity index (χ0) is 19.9. The standard InChI is InChI=1S/C19H17NO4S4/c1-3-24-18(21)16-14-15-13(9-10-25-15)20(2)28(22,23)17(14)19(27-16)26-11-12-7-5-4-6-8-12/h4-10H,3,11H2,1-2H3. The second-order valence-electron chi connectivity index (χ2n) is 6.03. The normalized spacial score (nSPS) is 14.4. The van der Waals surface area contributed by atoms with E-state index < -0.39 is 16.0 Å². The van der Waals surface area contributed by atoms with E-state index in [-0.39, 0.29) is 11.5 Å². The number of carbonyl (C=O) groups is 1. The third-order valence-corrected chi connectivity index (χ3v) is 9.87. The van der Waals surface area contributed by atoms with Gasteiger partial charge in [-0.2, -0.15) is 0 Å². The third kappa shape index (κ3) is 3.16. The second-order valence-corrected chi connectivity index (χ2v) is 11.1. The van der Waals surface area contributed by atoms with Gasteiger partial charge >= 0.3 is 5.97 Å². The van der Waals surface area contributed by atoms with Gasteiger partial charge in [-0.3, -0.25) is 4.31 Å². The molecule has 0 amide bonds. The number of thioether (sulfide) groups is 1. The lowest BCUT2D eigenvalue weighted by Crippen LogP contribution is -2.29. The van der Waals surface area contributed by atoms with Crippen LogP contribution in [-0.4, -0.2) is 28.0 Å². The number of anilines is 1. The average Bonchev–Trinajstić information content (AvgIpc) is 3.31. The van der Waals surface area contributed by atoms with Gasteiger partial charge in [0.15, 0.2) is 0 Å². The van der Waals surface area contributed by atoms with E-state index in [9.17, 15) is 13.2 Å². The van der Waals surface area contributed by atoms with E-state index in [1.165, 1.54) is 38.7 Å². The molecule has 0 N–H and O–H groups in total. The van der Waals surface area contributed by atoms with Crippen molar-refractivity contribution in [1.29, 1.82) is 0 Å². The Kier molecular flexibility index (Phi) is 5.26. The maximum atomic E-state index is 13.3. The van der Waals surface area contributed by atoms with Crippen molar-refractivity contribution in [2.45, 2.75) is 21.8 Å². The molecule has 9 heteroatoms. The Morgan fingerprint density at radius 1 is 1.21 bits per heavy atom. The highest BCUT2D eigenvalue weighted by Gasteiger charge is 2.41. The summed E-state index contributed by atoms with van der Waals surface area (Å²) in [4.78, 5) is 14.0. The van der Waals surface area contributed by atoms with E-state index in [4.69, 9.17) is 4.74 Å². The van der Waals surface area contributed by atoms with Gasteiger partial charge in [0.05, 0.1) is 21.4 Å². The van der Waals surface area contributed by atoms with Crippen LogP contribution in [0, 0.1) is 0 Å². The molecule has 0 spiro atoms. The molecule has 4 rings (SSSR count). The highest BCUT2D eigenvalue weighted by Crippen LogP contribution is 2.54. The molecular weight excluding hydrogens is 434 g/mol. The van der Waals surface area contributed by atoms with Gasteiger partial charge in [-0.05, 0) is 23.9 Å². The predicted octanol–water partition coefficient (Wildman–Crippen LogP) is 5.08. The summed E-state index contributed by atoms with van der Waals surface area (Å²) in [7, 11) is -2.19. The van der Waals surface area contributed by atoms with E-state index in [1.807, 2.05) is 35.7 Å². The SMILES string of the molecule is CCOC(=O)c1sc(SCc2ccccc2)c2c1-c1sccc1N(C)S2(=O)=O. The van der Waals surface area contributed by atoms with E-state index in [0.717, 1.165) is 10.4 Å². The van der Waals surface area contributed by atoms with E-state index in [0.29, 0.717) is 26.1 Å². The Balaban J connectivity index is 1.87. The van der Waals surface area contributed by atoms with E-state index in [1.54, 1.807) is 20.0 Å². The van der Waals surface area contributed by atoms with Crippen molar-refractivity contribution >= 4 is 56.1 Å². The molecule has 2 aromatic heterocycles. The number of hydrogen-bond donors (Lipinski definition) is 0. The van der Waals surface area contributed by atoms with Crippen molar-refractivity contribution in [3.63, 3.8) is 0 Å². The summed E-state index contributed by atoms with van der Waals surface area (Å²) in [5.74, 6) is 0.140. The van der Waals surface area contributed by atoms with Gasteiger partial charge in [0.2, 0.25) is 0 Å². The molecule has 0 bridgehead atoms. The van der Waals surface area contributed by atoms with Crippen LogP contribution in [0.1, 0.15) is 22.2 Å². The van der Waals surface area contributed by atoms with Crippen LogP contribution < -0.4 is 4.31 Å².